The molecule has 0 aromatic heterocycles. The summed E-state index contributed by atoms with van der Waals surface area (Å²) in [6.07, 6.45) is 0. The van der Waals surface area contributed by atoms with Crippen LogP contribution in [0.5, 0.6) is 0 Å². The fourth-order valence-corrected chi connectivity index (χ4v) is 0.788. The molecular weight excluding hydrogens is 127 g/mol. The molecular formula is C6H13BN2O. The summed E-state index contributed by atoms with van der Waals surface area (Å²) in [5.74, 6) is 0. The van der Waals surface area contributed by atoms with Crippen molar-refractivity contribution >= 4 is 7.05 Å². The summed E-state index contributed by atoms with van der Waals surface area (Å²) in [5, 5.41) is 9.06. The fourth-order valence-electron chi connectivity index (χ4n) is 0.788. The quantitative estimate of drug-likeness (QED) is 0.450. The Labute approximate surface area is 62.6 Å². The molecule has 0 fully saturated rings. The van der Waals surface area contributed by atoms with Crippen molar-refractivity contribution in [3.63, 3.8) is 0 Å². The summed E-state index contributed by atoms with van der Waals surface area (Å²) in [7, 11) is -0.424. The molecule has 56 valence electrons. The highest BCUT2D eigenvalue weighted by atomic mass is 16.2. The van der Waals surface area contributed by atoms with E-state index in [-0.39, 0.29) is 0 Å². The molecule has 0 unspecified atom stereocenters. The molecule has 0 heterocycles. The average molecular weight is 140 g/mol. The van der Waals surface area contributed by atoms with Crippen molar-refractivity contribution in [2.24, 2.45) is 0 Å². The van der Waals surface area contributed by atoms with Crippen molar-refractivity contribution in [3.05, 3.63) is 11.4 Å². The lowest BCUT2D eigenvalue weighted by molar-refractivity contribution is 0.392. The molecule has 4 heteroatoms. The molecule has 1 N–H and O–H groups in total. The highest BCUT2D eigenvalue weighted by molar-refractivity contribution is 6.45. The molecule has 0 saturated carbocycles. The van der Waals surface area contributed by atoms with E-state index >= 15 is 0 Å². The van der Waals surface area contributed by atoms with Crippen LogP contribution in [-0.4, -0.2) is 36.5 Å². The standard InChI is InChI=1S/C6H13BN2O/c1-4-9(7(2)10)6-5-8-3/h10H,4-6H2,1-2H3. The highest BCUT2D eigenvalue weighted by Crippen LogP contribution is 1.90. The van der Waals surface area contributed by atoms with E-state index in [1.54, 1.807) is 6.82 Å². The number of hydrogen-bond acceptors (Lipinski definition) is 2. The van der Waals surface area contributed by atoms with Gasteiger partial charge in [0, 0.05) is 0 Å². The molecule has 0 rings (SSSR count). The van der Waals surface area contributed by atoms with Crippen LogP contribution in [0.3, 0.4) is 0 Å². The minimum atomic E-state index is -0.424. The lowest BCUT2D eigenvalue weighted by Crippen LogP contribution is -2.38. The smallest absolute Gasteiger partial charge is 0.376 e. The van der Waals surface area contributed by atoms with Crippen LogP contribution < -0.4 is 0 Å². The van der Waals surface area contributed by atoms with Crippen LogP contribution in [0.25, 0.3) is 4.85 Å². The van der Waals surface area contributed by atoms with Crippen LogP contribution in [0, 0.1) is 6.57 Å². The van der Waals surface area contributed by atoms with Crippen molar-refractivity contribution in [3.8, 4) is 0 Å². The van der Waals surface area contributed by atoms with Crippen LogP contribution in [-0.2, 0) is 0 Å². The van der Waals surface area contributed by atoms with E-state index in [4.69, 9.17) is 11.6 Å². The van der Waals surface area contributed by atoms with Gasteiger partial charge in [-0.25, -0.2) is 6.57 Å². The zero-order valence-electron chi connectivity index (χ0n) is 6.54. The van der Waals surface area contributed by atoms with E-state index in [0.29, 0.717) is 13.1 Å². The Bertz CT molecular complexity index is 121. The summed E-state index contributed by atoms with van der Waals surface area (Å²) < 4.78 is 0. The van der Waals surface area contributed by atoms with Crippen molar-refractivity contribution in [1.82, 2.24) is 4.81 Å². The van der Waals surface area contributed by atoms with Crippen LogP contribution in [0.1, 0.15) is 6.92 Å². The Morgan fingerprint density at radius 1 is 1.70 bits per heavy atom. The number of hydrogen-bond donors (Lipinski definition) is 1. The molecule has 0 aliphatic rings. The summed E-state index contributed by atoms with van der Waals surface area (Å²) in [6.45, 7) is 12.1. The third kappa shape index (κ3) is 3.49. The number of rotatable bonds is 4. The predicted octanol–water partition coefficient (Wildman–Crippen LogP) is 0.338. The van der Waals surface area contributed by atoms with Crippen LogP contribution in [0.4, 0.5) is 0 Å². The first-order valence-corrected chi connectivity index (χ1v) is 3.47. The second kappa shape index (κ2) is 5.27. The van der Waals surface area contributed by atoms with Gasteiger partial charge in [-0.05, 0) is 13.4 Å². The zero-order chi connectivity index (χ0) is 7.98. The largest absolute Gasteiger partial charge is 0.437 e. The molecule has 3 nitrogen and oxygen atoms in total. The minimum Gasteiger partial charge on any atom is -0.437 e. The van der Waals surface area contributed by atoms with Crippen molar-refractivity contribution in [2.45, 2.75) is 13.7 Å². The van der Waals surface area contributed by atoms with E-state index in [0.717, 1.165) is 6.54 Å². The normalized spacial score (nSPS) is 9.50. The van der Waals surface area contributed by atoms with Gasteiger partial charge >= 0.3 is 7.05 Å². The van der Waals surface area contributed by atoms with Crippen molar-refractivity contribution in [2.75, 3.05) is 19.6 Å². The Morgan fingerprint density at radius 2 is 2.30 bits per heavy atom. The Balaban J connectivity index is 3.52. The molecule has 0 amide bonds. The van der Waals surface area contributed by atoms with Crippen molar-refractivity contribution < 1.29 is 5.02 Å². The Kier molecular flexibility index (Phi) is 5.00. The van der Waals surface area contributed by atoms with Crippen LogP contribution in [0.15, 0.2) is 0 Å². The SMILES string of the molecule is [C-]#[N+]CCN(CC)B(C)O. The van der Waals surface area contributed by atoms with E-state index in [1.807, 2.05) is 11.7 Å². The van der Waals surface area contributed by atoms with Gasteiger partial charge in [0.2, 0.25) is 6.54 Å². The summed E-state index contributed by atoms with van der Waals surface area (Å²) in [5.41, 5.74) is 0. The lowest BCUT2D eigenvalue weighted by atomic mass is 9.85. The van der Waals surface area contributed by atoms with Crippen LogP contribution in [0.2, 0.25) is 6.82 Å². The van der Waals surface area contributed by atoms with Gasteiger partial charge < -0.3 is 14.7 Å². The van der Waals surface area contributed by atoms with Gasteiger partial charge in [0.05, 0.1) is 6.54 Å². The third-order valence-corrected chi connectivity index (χ3v) is 1.43. The average Bonchev–Trinajstić information content (AvgIpc) is 1.89. The van der Waals surface area contributed by atoms with Gasteiger partial charge in [-0.1, -0.05) is 6.92 Å². The van der Waals surface area contributed by atoms with E-state index in [9.17, 15) is 0 Å². The molecule has 0 spiro atoms. The summed E-state index contributed by atoms with van der Waals surface area (Å²) >= 11 is 0. The van der Waals surface area contributed by atoms with Gasteiger partial charge in [-0.15, -0.1) is 0 Å². The van der Waals surface area contributed by atoms with Crippen molar-refractivity contribution in [1.29, 1.82) is 0 Å². The van der Waals surface area contributed by atoms with Gasteiger partial charge in [0.1, 0.15) is 0 Å². The Hall–Kier alpha value is -0.525. The monoisotopic (exact) mass is 140 g/mol. The first-order valence-electron chi connectivity index (χ1n) is 3.47. The highest BCUT2D eigenvalue weighted by Gasteiger charge is 2.13. The molecule has 0 bridgehead atoms. The number of nitrogens with zero attached hydrogens (tertiary/aromatic N) is 2. The predicted molar refractivity (Wildman–Crippen MR) is 42.6 cm³/mol. The second-order valence-corrected chi connectivity index (χ2v) is 2.14. The van der Waals surface area contributed by atoms with Crippen LogP contribution >= 0.6 is 0 Å². The molecule has 0 aromatic carbocycles. The lowest BCUT2D eigenvalue weighted by Gasteiger charge is -2.17. The zero-order valence-corrected chi connectivity index (χ0v) is 6.54. The fraction of sp³-hybridized carbons (Fsp3) is 0.833. The van der Waals surface area contributed by atoms with Gasteiger partial charge in [0.15, 0.2) is 0 Å². The molecule has 0 aliphatic carbocycles. The maximum Gasteiger partial charge on any atom is 0.376 e. The first kappa shape index (κ1) is 9.47. The van der Waals surface area contributed by atoms with E-state index < -0.39 is 7.05 Å². The molecule has 0 atom stereocenters. The molecule has 0 aromatic rings. The van der Waals surface area contributed by atoms with Gasteiger partial charge in [0.25, 0.3) is 0 Å². The second-order valence-electron chi connectivity index (χ2n) is 2.14. The minimum absolute atomic E-state index is 0.424. The van der Waals surface area contributed by atoms with E-state index in [1.165, 1.54) is 0 Å². The maximum atomic E-state index is 9.06. The summed E-state index contributed by atoms with van der Waals surface area (Å²) in [4.78, 5) is 5.05. The molecule has 0 radical (unpaired) electrons. The third-order valence-electron chi connectivity index (χ3n) is 1.43. The number of likely N-dealkylation sites (N-methyl/N-ethyl adjacent to an activating group) is 1. The van der Waals surface area contributed by atoms with Gasteiger partial charge in [-0.2, -0.15) is 0 Å². The summed E-state index contributed by atoms with van der Waals surface area (Å²) in [6, 6.07) is 0. The maximum absolute atomic E-state index is 9.06. The first-order chi connectivity index (χ1) is 4.72. The van der Waals surface area contributed by atoms with E-state index in [2.05, 4.69) is 4.85 Å². The molecule has 0 aliphatic heterocycles. The van der Waals surface area contributed by atoms with Gasteiger partial charge in [-0.3, -0.25) is 0 Å². The Morgan fingerprint density at radius 3 is 2.60 bits per heavy atom. The topological polar surface area (TPSA) is 27.8 Å². The molecule has 10 heavy (non-hydrogen) atoms. The molecule has 0 saturated heterocycles.